The van der Waals surface area contributed by atoms with E-state index in [4.69, 9.17) is 14.2 Å². The van der Waals surface area contributed by atoms with Crippen molar-refractivity contribution in [2.75, 3.05) is 26.6 Å². The number of benzene rings is 1. The minimum absolute atomic E-state index is 0.202. The van der Waals surface area contributed by atoms with Gasteiger partial charge < -0.3 is 19.5 Å². The van der Waals surface area contributed by atoms with Crippen molar-refractivity contribution in [3.63, 3.8) is 0 Å². The number of hydrogen-bond donors (Lipinski definition) is 1. The molecule has 21 heavy (non-hydrogen) atoms. The second-order valence-electron chi connectivity index (χ2n) is 4.06. The van der Waals surface area contributed by atoms with Crippen molar-refractivity contribution in [1.29, 1.82) is 0 Å². The van der Waals surface area contributed by atoms with E-state index in [-0.39, 0.29) is 17.9 Å². The van der Waals surface area contributed by atoms with Gasteiger partial charge in [0, 0.05) is 20.3 Å². The second kappa shape index (κ2) is 7.28. The molecule has 8 heteroatoms. The van der Waals surface area contributed by atoms with E-state index in [1.54, 1.807) is 0 Å². The summed E-state index contributed by atoms with van der Waals surface area (Å²) < 4.78 is 53.2. The summed E-state index contributed by atoms with van der Waals surface area (Å²) >= 11 is 0. The fourth-order valence-electron chi connectivity index (χ4n) is 1.62. The molecule has 0 aliphatic carbocycles. The first kappa shape index (κ1) is 17.3. The molecule has 5 nitrogen and oxygen atoms in total. The molecule has 0 fully saturated rings. The Labute approximate surface area is 120 Å². The Balaban J connectivity index is 2.97. The summed E-state index contributed by atoms with van der Waals surface area (Å²) in [5.74, 6) is -0.462. The number of rotatable bonds is 6. The predicted molar refractivity (Wildman–Crippen MR) is 69.0 cm³/mol. The van der Waals surface area contributed by atoms with Gasteiger partial charge in [0.2, 0.25) is 5.91 Å². The SMILES string of the molecule is COc1ccc(C(F)(F)F)c(NC(=O)CC(OC)OC)c1. The van der Waals surface area contributed by atoms with Gasteiger partial charge in [-0.3, -0.25) is 4.79 Å². The van der Waals surface area contributed by atoms with E-state index >= 15 is 0 Å². The van der Waals surface area contributed by atoms with Crippen LogP contribution in [0.5, 0.6) is 5.75 Å². The molecule has 1 amide bonds. The minimum Gasteiger partial charge on any atom is -0.497 e. The summed E-state index contributed by atoms with van der Waals surface area (Å²) in [7, 11) is 3.97. The summed E-state index contributed by atoms with van der Waals surface area (Å²) in [6, 6.07) is 3.12. The standard InChI is InChI=1S/C13H16F3NO4/c1-19-8-4-5-9(13(14,15)16)10(6-8)17-11(18)7-12(20-2)21-3/h4-6,12H,7H2,1-3H3,(H,17,18). The molecule has 0 unspecified atom stereocenters. The number of amides is 1. The van der Waals surface area contributed by atoms with Gasteiger partial charge in [0.1, 0.15) is 5.75 Å². The van der Waals surface area contributed by atoms with Gasteiger partial charge in [0.15, 0.2) is 6.29 Å². The zero-order valence-corrected chi connectivity index (χ0v) is 11.8. The zero-order valence-electron chi connectivity index (χ0n) is 11.8. The molecule has 1 rings (SSSR count). The van der Waals surface area contributed by atoms with E-state index in [2.05, 4.69) is 5.32 Å². The smallest absolute Gasteiger partial charge is 0.418 e. The van der Waals surface area contributed by atoms with Gasteiger partial charge in [-0.05, 0) is 12.1 Å². The van der Waals surface area contributed by atoms with Crippen molar-refractivity contribution >= 4 is 11.6 Å². The molecule has 1 aromatic carbocycles. The number of anilines is 1. The topological polar surface area (TPSA) is 56.8 Å². The molecule has 118 valence electrons. The molecule has 1 N–H and O–H groups in total. The highest BCUT2D eigenvalue weighted by Crippen LogP contribution is 2.36. The largest absolute Gasteiger partial charge is 0.497 e. The quantitative estimate of drug-likeness (QED) is 0.821. The van der Waals surface area contributed by atoms with Crippen molar-refractivity contribution in [3.05, 3.63) is 23.8 Å². The molecule has 0 spiro atoms. The molecule has 0 saturated carbocycles. The van der Waals surface area contributed by atoms with Gasteiger partial charge in [0.05, 0.1) is 24.8 Å². The molecule has 0 aliphatic rings. The number of alkyl halides is 3. The van der Waals surface area contributed by atoms with Crippen molar-refractivity contribution in [2.45, 2.75) is 18.9 Å². The Morgan fingerprint density at radius 1 is 1.24 bits per heavy atom. The number of carbonyl (C=O) groups is 1. The minimum atomic E-state index is -4.59. The lowest BCUT2D eigenvalue weighted by Crippen LogP contribution is -2.24. The maximum atomic E-state index is 12.9. The maximum Gasteiger partial charge on any atom is 0.418 e. The van der Waals surface area contributed by atoms with Crippen molar-refractivity contribution in [2.24, 2.45) is 0 Å². The van der Waals surface area contributed by atoms with Gasteiger partial charge >= 0.3 is 6.18 Å². The van der Waals surface area contributed by atoms with Crippen LogP contribution in [0.4, 0.5) is 18.9 Å². The second-order valence-corrected chi connectivity index (χ2v) is 4.06. The average Bonchev–Trinajstić information content (AvgIpc) is 2.43. The van der Waals surface area contributed by atoms with Crippen LogP contribution in [0, 0.1) is 0 Å². The maximum absolute atomic E-state index is 12.9. The van der Waals surface area contributed by atoms with Crippen LogP contribution in [0.25, 0.3) is 0 Å². The van der Waals surface area contributed by atoms with Gasteiger partial charge in [-0.15, -0.1) is 0 Å². The molecule has 0 saturated heterocycles. The number of halogens is 3. The number of nitrogens with one attached hydrogen (secondary N) is 1. The molecule has 0 aliphatic heterocycles. The highest BCUT2D eigenvalue weighted by atomic mass is 19.4. The lowest BCUT2D eigenvalue weighted by molar-refractivity contribution is -0.137. The van der Waals surface area contributed by atoms with Crippen LogP contribution < -0.4 is 10.1 Å². The van der Waals surface area contributed by atoms with Crippen LogP contribution in [0.1, 0.15) is 12.0 Å². The third-order valence-electron chi connectivity index (χ3n) is 2.68. The van der Waals surface area contributed by atoms with Crippen molar-refractivity contribution < 1.29 is 32.2 Å². The molecule has 0 radical (unpaired) electrons. The van der Waals surface area contributed by atoms with Gasteiger partial charge in [-0.1, -0.05) is 0 Å². The third kappa shape index (κ3) is 4.91. The van der Waals surface area contributed by atoms with Crippen LogP contribution >= 0.6 is 0 Å². The van der Waals surface area contributed by atoms with Crippen molar-refractivity contribution in [3.8, 4) is 5.75 Å². The Kier molecular flexibility index (Phi) is 5.98. The molecule has 0 aromatic heterocycles. The number of methoxy groups -OCH3 is 3. The van der Waals surface area contributed by atoms with Crippen molar-refractivity contribution in [1.82, 2.24) is 0 Å². The van der Waals surface area contributed by atoms with Crippen LogP contribution in [0.3, 0.4) is 0 Å². The number of carbonyl (C=O) groups excluding carboxylic acids is 1. The molecular weight excluding hydrogens is 291 g/mol. The van der Waals surface area contributed by atoms with E-state index in [0.717, 1.165) is 12.1 Å². The highest BCUT2D eigenvalue weighted by Gasteiger charge is 2.34. The molecule has 0 heterocycles. The highest BCUT2D eigenvalue weighted by molar-refractivity contribution is 5.92. The number of ether oxygens (including phenoxy) is 3. The molecule has 0 bridgehead atoms. The fraction of sp³-hybridized carbons (Fsp3) is 0.462. The van der Waals surface area contributed by atoms with Gasteiger partial charge in [-0.2, -0.15) is 13.2 Å². The van der Waals surface area contributed by atoms with E-state index < -0.39 is 23.9 Å². The average molecular weight is 307 g/mol. The summed E-state index contributed by atoms with van der Waals surface area (Å²) in [6.07, 6.45) is -5.65. The first-order valence-electron chi connectivity index (χ1n) is 5.92. The normalized spacial score (nSPS) is 11.6. The lowest BCUT2D eigenvalue weighted by Gasteiger charge is -2.17. The summed E-state index contributed by atoms with van der Waals surface area (Å²) in [5.41, 5.74) is -1.33. The zero-order chi connectivity index (χ0) is 16.0. The molecular formula is C13H16F3NO4. The first-order valence-corrected chi connectivity index (χ1v) is 5.92. The first-order chi connectivity index (χ1) is 9.81. The molecule has 1 aromatic rings. The van der Waals surface area contributed by atoms with Gasteiger partial charge in [0.25, 0.3) is 0 Å². The monoisotopic (exact) mass is 307 g/mol. The Morgan fingerprint density at radius 3 is 2.33 bits per heavy atom. The number of hydrogen-bond acceptors (Lipinski definition) is 4. The van der Waals surface area contributed by atoms with Crippen LogP contribution in [-0.2, 0) is 20.4 Å². The predicted octanol–water partition coefficient (Wildman–Crippen LogP) is 2.66. The van der Waals surface area contributed by atoms with Crippen LogP contribution in [0.15, 0.2) is 18.2 Å². The Hall–Kier alpha value is -1.80. The van der Waals surface area contributed by atoms with E-state index in [0.29, 0.717) is 0 Å². The summed E-state index contributed by atoms with van der Waals surface area (Å²) in [5, 5.41) is 2.19. The Bertz CT molecular complexity index is 487. The summed E-state index contributed by atoms with van der Waals surface area (Å²) in [6.45, 7) is 0. The molecule has 0 atom stereocenters. The van der Waals surface area contributed by atoms with E-state index in [1.165, 1.54) is 27.4 Å². The lowest BCUT2D eigenvalue weighted by atomic mass is 10.1. The van der Waals surface area contributed by atoms with Gasteiger partial charge in [-0.25, -0.2) is 0 Å². The van der Waals surface area contributed by atoms with Crippen LogP contribution in [-0.4, -0.2) is 33.5 Å². The van der Waals surface area contributed by atoms with E-state index in [1.807, 2.05) is 0 Å². The fourth-order valence-corrected chi connectivity index (χ4v) is 1.62. The third-order valence-corrected chi connectivity index (χ3v) is 2.68. The summed E-state index contributed by atoms with van der Waals surface area (Å²) in [4.78, 5) is 11.7. The van der Waals surface area contributed by atoms with Crippen LogP contribution in [0.2, 0.25) is 0 Å². The van der Waals surface area contributed by atoms with E-state index in [9.17, 15) is 18.0 Å². The Morgan fingerprint density at radius 2 is 1.86 bits per heavy atom.